The first-order valence-corrected chi connectivity index (χ1v) is 7.77. The number of aryl methyl sites for hydroxylation is 3. The van der Waals surface area contributed by atoms with E-state index in [1.54, 1.807) is 0 Å². The Morgan fingerprint density at radius 3 is 2.41 bits per heavy atom. The van der Waals surface area contributed by atoms with Gasteiger partial charge in [0.2, 0.25) is 0 Å². The van der Waals surface area contributed by atoms with Gasteiger partial charge in [-0.3, -0.25) is 0 Å². The minimum absolute atomic E-state index is 0.841. The standard InChI is InChI=1S/C19H21N3/c1-16-10-12-18(13-11-16)14-22-15-20-21-19(22)9-5-8-17-6-3-2-4-7-17/h2-4,6-7,10-13,15H,5,8-9,14H2,1H3. The molecule has 0 saturated heterocycles. The molecular weight excluding hydrogens is 270 g/mol. The molecule has 0 fully saturated rings. The molecule has 0 spiro atoms. The fourth-order valence-electron chi connectivity index (χ4n) is 2.59. The van der Waals surface area contributed by atoms with Crippen LogP contribution < -0.4 is 0 Å². The third-order valence-corrected chi connectivity index (χ3v) is 3.88. The lowest BCUT2D eigenvalue weighted by Gasteiger charge is -2.07. The number of benzene rings is 2. The minimum atomic E-state index is 0.841. The average molecular weight is 291 g/mol. The van der Waals surface area contributed by atoms with E-state index in [4.69, 9.17) is 0 Å². The molecule has 3 rings (SSSR count). The molecule has 0 aliphatic carbocycles. The summed E-state index contributed by atoms with van der Waals surface area (Å²) in [5, 5.41) is 8.35. The van der Waals surface area contributed by atoms with Crippen LogP contribution in [0.4, 0.5) is 0 Å². The van der Waals surface area contributed by atoms with Gasteiger partial charge >= 0.3 is 0 Å². The number of hydrogen-bond acceptors (Lipinski definition) is 2. The van der Waals surface area contributed by atoms with Gasteiger partial charge in [0.25, 0.3) is 0 Å². The maximum Gasteiger partial charge on any atom is 0.133 e. The molecule has 0 saturated carbocycles. The molecule has 0 N–H and O–H groups in total. The fourth-order valence-corrected chi connectivity index (χ4v) is 2.59. The molecule has 0 bridgehead atoms. The molecule has 0 aliphatic heterocycles. The van der Waals surface area contributed by atoms with Crippen LogP contribution in [0.5, 0.6) is 0 Å². The quantitative estimate of drug-likeness (QED) is 0.691. The Balaban J connectivity index is 1.59. The summed E-state index contributed by atoms with van der Waals surface area (Å²) in [6.45, 7) is 2.95. The molecule has 0 atom stereocenters. The minimum Gasteiger partial charge on any atom is -0.313 e. The predicted octanol–water partition coefficient (Wildman–Crippen LogP) is 3.81. The summed E-state index contributed by atoms with van der Waals surface area (Å²) in [6.07, 6.45) is 4.97. The van der Waals surface area contributed by atoms with Crippen LogP contribution in [0.2, 0.25) is 0 Å². The lowest BCUT2D eigenvalue weighted by atomic mass is 10.1. The summed E-state index contributed by atoms with van der Waals surface area (Å²) in [4.78, 5) is 0. The Labute approximate surface area is 131 Å². The smallest absolute Gasteiger partial charge is 0.133 e. The van der Waals surface area contributed by atoms with Gasteiger partial charge in [0.05, 0.1) is 6.54 Å². The van der Waals surface area contributed by atoms with Crippen molar-refractivity contribution in [3.8, 4) is 0 Å². The van der Waals surface area contributed by atoms with E-state index >= 15 is 0 Å². The van der Waals surface area contributed by atoms with Gasteiger partial charge < -0.3 is 4.57 Å². The summed E-state index contributed by atoms with van der Waals surface area (Å²) in [5.74, 6) is 1.07. The van der Waals surface area contributed by atoms with Crippen molar-refractivity contribution in [2.45, 2.75) is 32.7 Å². The Morgan fingerprint density at radius 1 is 0.864 bits per heavy atom. The number of rotatable bonds is 6. The van der Waals surface area contributed by atoms with E-state index in [1.807, 2.05) is 6.33 Å². The molecule has 3 heteroatoms. The van der Waals surface area contributed by atoms with Crippen LogP contribution in [0.25, 0.3) is 0 Å². The first-order valence-electron chi connectivity index (χ1n) is 7.77. The first-order chi connectivity index (χ1) is 10.8. The van der Waals surface area contributed by atoms with Crippen LogP contribution in [0.1, 0.15) is 28.9 Å². The molecule has 1 heterocycles. The zero-order valence-corrected chi connectivity index (χ0v) is 12.9. The third kappa shape index (κ3) is 3.82. The van der Waals surface area contributed by atoms with E-state index in [0.29, 0.717) is 0 Å². The van der Waals surface area contributed by atoms with Gasteiger partial charge in [-0.05, 0) is 30.9 Å². The molecule has 112 valence electrons. The van der Waals surface area contributed by atoms with Crippen LogP contribution in [0.15, 0.2) is 60.9 Å². The topological polar surface area (TPSA) is 30.7 Å². The zero-order valence-electron chi connectivity index (χ0n) is 12.9. The summed E-state index contributed by atoms with van der Waals surface area (Å²) in [5.41, 5.74) is 3.96. The van der Waals surface area contributed by atoms with Crippen molar-refractivity contribution in [1.82, 2.24) is 14.8 Å². The van der Waals surface area contributed by atoms with Crippen LogP contribution in [0.3, 0.4) is 0 Å². The number of nitrogens with zero attached hydrogens (tertiary/aromatic N) is 3. The highest BCUT2D eigenvalue weighted by atomic mass is 15.3. The van der Waals surface area contributed by atoms with Gasteiger partial charge in [-0.1, -0.05) is 60.2 Å². The summed E-state index contributed by atoms with van der Waals surface area (Å²) < 4.78 is 2.15. The van der Waals surface area contributed by atoms with Crippen molar-refractivity contribution in [3.05, 3.63) is 83.4 Å². The van der Waals surface area contributed by atoms with Crippen molar-refractivity contribution < 1.29 is 0 Å². The zero-order chi connectivity index (χ0) is 15.2. The number of aromatic nitrogens is 3. The highest BCUT2D eigenvalue weighted by Gasteiger charge is 2.05. The second kappa shape index (κ2) is 7.03. The normalized spacial score (nSPS) is 10.8. The van der Waals surface area contributed by atoms with Gasteiger partial charge in [0.15, 0.2) is 0 Å². The van der Waals surface area contributed by atoms with Crippen molar-refractivity contribution in [2.75, 3.05) is 0 Å². The van der Waals surface area contributed by atoms with Crippen molar-refractivity contribution in [2.24, 2.45) is 0 Å². The Morgan fingerprint density at radius 2 is 1.64 bits per heavy atom. The number of hydrogen-bond donors (Lipinski definition) is 0. The van der Waals surface area contributed by atoms with E-state index in [0.717, 1.165) is 31.6 Å². The van der Waals surface area contributed by atoms with Crippen molar-refractivity contribution in [3.63, 3.8) is 0 Å². The van der Waals surface area contributed by atoms with Gasteiger partial charge in [-0.15, -0.1) is 10.2 Å². The molecule has 3 nitrogen and oxygen atoms in total. The summed E-state index contributed by atoms with van der Waals surface area (Å²) in [7, 11) is 0. The third-order valence-electron chi connectivity index (χ3n) is 3.88. The molecule has 0 amide bonds. The monoisotopic (exact) mass is 291 g/mol. The molecule has 0 unspecified atom stereocenters. The van der Waals surface area contributed by atoms with E-state index in [-0.39, 0.29) is 0 Å². The summed E-state index contributed by atoms with van der Waals surface area (Å²) >= 11 is 0. The molecule has 1 aromatic heterocycles. The first kappa shape index (κ1) is 14.5. The fraction of sp³-hybridized carbons (Fsp3) is 0.263. The van der Waals surface area contributed by atoms with Crippen LogP contribution in [-0.4, -0.2) is 14.8 Å². The van der Waals surface area contributed by atoms with E-state index in [2.05, 4.69) is 76.3 Å². The average Bonchev–Trinajstić information content (AvgIpc) is 2.98. The Kier molecular flexibility index (Phi) is 4.64. The predicted molar refractivity (Wildman–Crippen MR) is 88.8 cm³/mol. The molecular formula is C19H21N3. The SMILES string of the molecule is Cc1ccc(Cn2cnnc2CCCc2ccccc2)cc1. The highest BCUT2D eigenvalue weighted by Crippen LogP contribution is 2.10. The van der Waals surface area contributed by atoms with Crippen molar-refractivity contribution in [1.29, 1.82) is 0 Å². The maximum absolute atomic E-state index is 4.27. The molecule has 3 aromatic rings. The second-order valence-electron chi connectivity index (χ2n) is 5.70. The van der Waals surface area contributed by atoms with Gasteiger partial charge in [-0.2, -0.15) is 0 Å². The van der Waals surface area contributed by atoms with Gasteiger partial charge in [0, 0.05) is 6.42 Å². The molecule has 0 radical (unpaired) electrons. The maximum atomic E-state index is 4.27. The van der Waals surface area contributed by atoms with Gasteiger partial charge in [0.1, 0.15) is 12.2 Å². The largest absolute Gasteiger partial charge is 0.313 e. The Bertz CT molecular complexity index is 699. The lowest BCUT2D eigenvalue weighted by molar-refractivity contribution is 0.685. The Hall–Kier alpha value is -2.42. The molecule has 0 aliphatic rings. The molecule has 2 aromatic carbocycles. The van der Waals surface area contributed by atoms with Crippen molar-refractivity contribution >= 4 is 0 Å². The van der Waals surface area contributed by atoms with E-state index in [9.17, 15) is 0 Å². The second-order valence-corrected chi connectivity index (χ2v) is 5.70. The summed E-state index contributed by atoms with van der Waals surface area (Å²) in [6, 6.07) is 19.2. The molecule has 22 heavy (non-hydrogen) atoms. The van der Waals surface area contributed by atoms with Gasteiger partial charge in [-0.25, -0.2) is 0 Å². The van der Waals surface area contributed by atoms with Crippen LogP contribution in [0, 0.1) is 6.92 Å². The van der Waals surface area contributed by atoms with Crippen LogP contribution in [-0.2, 0) is 19.4 Å². The van der Waals surface area contributed by atoms with E-state index in [1.165, 1.54) is 16.7 Å². The highest BCUT2D eigenvalue weighted by molar-refractivity contribution is 5.21. The van der Waals surface area contributed by atoms with Crippen LogP contribution >= 0.6 is 0 Å². The van der Waals surface area contributed by atoms with E-state index < -0.39 is 0 Å². The lowest BCUT2D eigenvalue weighted by Crippen LogP contribution is -2.05.